The Morgan fingerprint density at radius 2 is 1.74 bits per heavy atom. The summed E-state index contributed by atoms with van der Waals surface area (Å²) in [5.41, 5.74) is -0.395. The first kappa shape index (κ1) is 15.0. The van der Waals surface area contributed by atoms with Gasteiger partial charge in [0.25, 0.3) is 5.91 Å². The fraction of sp³-hybridized carbons (Fsp3) is 0.429. The molecule has 1 unspecified atom stereocenters. The van der Waals surface area contributed by atoms with Crippen molar-refractivity contribution in [3.05, 3.63) is 30.3 Å². The molecule has 3 amide bonds. The molecule has 5 heteroatoms. The number of nitrogens with one attached hydrogen (secondary N) is 2. The molecule has 0 fully saturated rings. The van der Waals surface area contributed by atoms with Crippen LogP contribution in [0.1, 0.15) is 27.7 Å². The number of ether oxygens (including phenoxy) is 1. The van der Waals surface area contributed by atoms with E-state index in [1.165, 1.54) is 0 Å². The maximum Gasteiger partial charge on any atom is 0.321 e. The minimum atomic E-state index is -0.742. The number of carbonyl (C=O) groups excluding carboxylic acids is 2. The first-order chi connectivity index (χ1) is 8.78. The Morgan fingerprint density at radius 3 is 2.26 bits per heavy atom. The zero-order valence-electron chi connectivity index (χ0n) is 11.7. The van der Waals surface area contributed by atoms with E-state index in [0.717, 1.165) is 0 Å². The van der Waals surface area contributed by atoms with E-state index in [9.17, 15) is 9.59 Å². The summed E-state index contributed by atoms with van der Waals surface area (Å²) in [6.45, 7) is 7.09. The number of urea groups is 1. The molecule has 19 heavy (non-hydrogen) atoms. The number of amides is 3. The Labute approximate surface area is 113 Å². The summed E-state index contributed by atoms with van der Waals surface area (Å²) < 4.78 is 5.42. The normalized spacial score (nSPS) is 12.4. The van der Waals surface area contributed by atoms with Crippen LogP contribution in [0.4, 0.5) is 4.79 Å². The van der Waals surface area contributed by atoms with Crippen LogP contribution >= 0.6 is 0 Å². The minimum Gasteiger partial charge on any atom is -0.481 e. The first-order valence-electron chi connectivity index (χ1n) is 6.12. The van der Waals surface area contributed by atoms with Crippen molar-refractivity contribution in [1.82, 2.24) is 10.6 Å². The molecule has 0 heterocycles. The Balaban J connectivity index is 2.47. The minimum absolute atomic E-state index is 0.395. The Bertz CT molecular complexity index is 438. The highest BCUT2D eigenvalue weighted by Gasteiger charge is 2.20. The van der Waals surface area contributed by atoms with Gasteiger partial charge in [-0.15, -0.1) is 0 Å². The van der Waals surface area contributed by atoms with E-state index in [2.05, 4.69) is 10.6 Å². The van der Waals surface area contributed by atoms with Crippen LogP contribution in [-0.4, -0.2) is 23.6 Å². The van der Waals surface area contributed by atoms with Crippen LogP contribution in [-0.2, 0) is 4.79 Å². The number of rotatable bonds is 3. The third kappa shape index (κ3) is 5.90. The molecule has 0 spiro atoms. The molecule has 0 aliphatic carbocycles. The summed E-state index contributed by atoms with van der Waals surface area (Å²) in [5.74, 6) is 0.104. The summed E-state index contributed by atoms with van der Waals surface area (Å²) in [5, 5.41) is 4.88. The molecule has 5 nitrogen and oxygen atoms in total. The molecule has 2 N–H and O–H groups in total. The average molecular weight is 264 g/mol. The summed E-state index contributed by atoms with van der Waals surface area (Å²) in [4.78, 5) is 23.3. The molecular weight excluding hydrogens is 244 g/mol. The highest BCUT2D eigenvalue weighted by molar-refractivity contribution is 5.96. The number of carbonyl (C=O) groups is 2. The van der Waals surface area contributed by atoms with Gasteiger partial charge in [-0.2, -0.15) is 0 Å². The molecule has 0 aliphatic rings. The van der Waals surface area contributed by atoms with Gasteiger partial charge in [0.15, 0.2) is 6.10 Å². The zero-order chi connectivity index (χ0) is 14.5. The predicted octanol–water partition coefficient (Wildman–Crippen LogP) is 2.08. The molecule has 1 atom stereocenters. The molecule has 1 rings (SSSR count). The number of hydrogen-bond donors (Lipinski definition) is 2. The topological polar surface area (TPSA) is 67.4 Å². The molecule has 0 aliphatic heterocycles. The van der Waals surface area contributed by atoms with E-state index in [4.69, 9.17) is 4.74 Å². The number of imide groups is 1. The van der Waals surface area contributed by atoms with Crippen LogP contribution in [0.15, 0.2) is 30.3 Å². The van der Waals surface area contributed by atoms with Crippen LogP contribution in [0.25, 0.3) is 0 Å². The van der Waals surface area contributed by atoms with Gasteiger partial charge >= 0.3 is 6.03 Å². The lowest BCUT2D eigenvalue weighted by molar-refractivity contribution is -0.126. The van der Waals surface area contributed by atoms with Crippen molar-refractivity contribution in [1.29, 1.82) is 0 Å². The first-order valence-corrected chi connectivity index (χ1v) is 6.12. The van der Waals surface area contributed by atoms with Gasteiger partial charge in [0.05, 0.1) is 0 Å². The van der Waals surface area contributed by atoms with Crippen LogP contribution < -0.4 is 15.4 Å². The molecular formula is C14H20N2O3. The Morgan fingerprint density at radius 1 is 1.16 bits per heavy atom. The Hall–Kier alpha value is -2.04. The molecule has 0 saturated heterocycles. The van der Waals surface area contributed by atoms with Crippen molar-refractivity contribution in [3.8, 4) is 5.75 Å². The third-order valence-electron chi connectivity index (χ3n) is 2.15. The lowest BCUT2D eigenvalue weighted by Crippen LogP contribution is -2.50. The largest absolute Gasteiger partial charge is 0.481 e. The lowest BCUT2D eigenvalue weighted by Gasteiger charge is -2.21. The molecule has 0 radical (unpaired) electrons. The SMILES string of the molecule is CC(Oc1ccccc1)C(=O)NC(=O)NC(C)(C)C. The van der Waals surface area contributed by atoms with Gasteiger partial charge in [0, 0.05) is 5.54 Å². The monoisotopic (exact) mass is 264 g/mol. The summed E-state index contributed by atoms with van der Waals surface area (Å²) >= 11 is 0. The van der Waals surface area contributed by atoms with Crippen molar-refractivity contribution in [2.45, 2.75) is 39.3 Å². The zero-order valence-corrected chi connectivity index (χ0v) is 11.7. The van der Waals surface area contributed by atoms with Crippen LogP contribution in [0.2, 0.25) is 0 Å². The molecule has 0 aromatic heterocycles. The second-order valence-corrected chi connectivity index (χ2v) is 5.27. The summed E-state index contributed by atoms with van der Waals surface area (Å²) in [6, 6.07) is 8.45. The van der Waals surface area contributed by atoms with Gasteiger partial charge in [-0.05, 0) is 39.8 Å². The van der Waals surface area contributed by atoms with E-state index in [0.29, 0.717) is 5.75 Å². The van der Waals surface area contributed by atoms with Gasteiger partial charge < -0.3 is 10.1 Å². The smallest absolute Gasteiger partial charge is 0.321 e. The van der Waals surface area contributed by atoms with E-state index in [1.54, 1.807) is 19.1 Å². The van der Waals surface area contributed by atoms with E-state index in [1.807, 2.05) is 39.0 Å². The Kier molecular flexibility index (Phi) is 4.92. The third-order valence-corrected chi connectivity index (χ3v) is 2.15. The van der Waals surface area contributed by atoms with Gasteiger partial charge in [0.2, 0.25) is 0 Å². The van der Waals surface area contributed by atoms with Crippen LogP contribution in [0.3, 0.4) is 0 Å². The fourth-order valence-corrected chi connectivity index (χ4v) is 1.34. The van der Waals surface area contributed by atoms with E-state index < -0.39 is 23.6 Å². The second kappa shape index (κ2) is 6.22. The van der Waals surface area contributed by atoms with Gasteiger partial charge in [-0.3, -0.25) is 10.1 Å². The molecule has 0 saturated carbocycles. The summed E-state index contributed by atoms with van der Waals surface area (Å²) in [7, 11) is 0. The van der Waals surface area contributed by atoms with Gasteiger partial charge in [-0.1, -0.05) is 18.2 Å². The fourth-order valence-electron chi connectivity index (χ4n) is 1.34. The highest BCUT2D eigenvalue weighted by atomic mass is 16.5. The standard InChI is InChI=1S/C14H20N2O3/c1-10(19-11-8-6-5-7-9-11)12(17)15-13(18)16-14(2,3)4/h5-10H,1-4H3,(H2,15,16,17,18). The maximum absolute atomic E-state index is 11.7. The van der Waals surface area contributed by atoms with E-state index >= 15 is 0 Å². The maximum atomic E-state index is 11.7. The number of benzene rings is 1. The lowest BCUT2D eigenvalue weighted by atomic mass is 10.1. The van der Waals surface area contributed by atoms with Crippen molar-refractivity contribution >= 4 is 11.9 Å². The van der Waals surface area contributed by atoms with Gasteiger partial charge in [0.1, 0.15) is 5.75 Å². The molecule has 0 bridgehead atoms. The number of hydrogen-bond acceptors (Lipinski definition) is 3. The molecule has 1 aromatic rings. The second-order valence-electron chi connectivity index (χ2n) is 5.27. The summed E-state index contributed by atoms with van der Waals surface area (Å²) in [6.07, 6.45) is -0.742. The molecule has 104 valence electrons. The molecule has 1 aromatic carbocycles. The highest BCUT2D eigenvalue weighted by Crippen LogP contribution is 2.10. The van der Waals surface area contributed by atoms with Gasteiger partial charge in [-0.25, -0.2) is 4.79 Å². The quantitative estimate of drug-likeness (QED) is 0.878. The van der Waals surface area contributed by atoms with Crippen molar-refractivity contribution in [3.63, 3.8) is 0 Å². The van der Waals surface area contributed by atoms with Crippen molar-refractivity contribution < 1.29 is 14.3 Å². The average Bonchev–Trinajstić information content (AvgIpc) is 2.27. The number of para-hydroxylation sites is 1. The van der Waals surface area contributed by atoms with Crippen molar-refractivity contribution in [2.75, 3.05) is 0 Å². The van der Waals surface area contributed by atoms with Crippen LogP contribution in [0.5, 0.6) is 5.75 Å². The van der Waals surface area contributed by atoms with Crippen molar-refractivity contribution in [2.24, 2.45) is 0 Å². The van der Waals surface area contributed by atoms with E-state index in [-0.39, 0.29) is 0 Å². The predicted molar refractivity (Wildman–Crippen MR) is 73.0 cm³/mol. The van der Waals surface area contributed by atoms with Crippen LogP contribution in [0, 0.1) is 0 Å².